The molecule has 0 radical (unpaired) electrons. The van der Waals surface area contributed by atoms with Gasteiger partial charge in [-0.05, 0) is 12.2 Å². The van der Waals surface area contributed by atoms with E-state index in [2.05, 4.69) is 6.58 Å². The zero-order chi connectivity index (χ0) is 8.43. The first kappa shape index (κ1) is 7.60. The molecule has 0 fully saturated rings. The van der Waals surface area contributed by atoms with Gasteiger partial charge in [-0.2, -0.15) is 0 Å². The summed E-state index contributed by atoms with van der Waals surface area (Å²) in [6.07, 6.45) is 5.07. The van der Waals surface area contributed by atoms with Crippen LogP contribution in [0.25, 0.3) is 0 Å². The van der Waals surface area contributed by atoms with Crippen molar-refractivity contribution < 1.29 is 4.79 Å². The number of nitrogens with zero attached hydrogens (tertiary/aromatic N) is 1. The number of amides is 1. The second-order valence-electron chi connectivity index (χ2n) is 2.38. The van der Waals surface area contributed by atoms with Crippen LogP contribution >= 0.6 is 0 Å². The number of primary amides is 1. The van der Waals surface area contributed by atoms with Crippen LogP contribution in [0.5, 0.6) is 0 Å². The van der Waals surface area contributed by atoms with Gasteiger partial charge >= 0.3 is 0 Å². The molecule has 0 saturated carbocycles. The standard InChI is InChI=1S/C8H10N2O/c1-6-5-7(8(9)11)3-4-10(6)2/h3-5H,1H2,2H3,(H2,9,11). The van der Waals surface area contributed by atoms with Crippen molar-refractivity contribution in [2.45, 2.75) is 0 Å². The molecule has 1 amide bonds. The summed E-state index contributed by atoms with van der Waals surface area (Å²) in [5.41, 5.74) is 6.32. The lowest BCUT2D eigenvalue weighted by atomic mass is 10.1. The minimum absolute atomic E-state index is 0.421. The molecule has 0 unspecified atom stereocenters. The first-order valence-corrected chi connectivity index (χ1v) is 3.22. The van der Waals surface area contributed by atoms with Crippen molar-refractivity contribution in [3.63, 3.8) is 0 Å². The van der Waals surface area contributed by atoms with Crippen molar-refractivity contribution in [1.82, 2.24) is 4.90 Å². The normalized spacial score (nSPS) is 16.6. The van der Waals surface area contributed by atoms with Crippen LogP contribution in [0.3, 0.4) is 0 Å². The van der Waals surface area contributed by atoms with Gasteiger partial charge in [-0.15, -0.1) is 0 Å². The van der Waals surface area contributed by atoms with E-state index in [4.69, 9.17) is 5.73 Å². The largest absolute Gasteiger partial charge is 0.366 e. The van der Waals surface area contributed by atoms with Gasteiger partial charge in [0, 0.05) is 24.5 Å². The topological polar surface area (TPSA) is 46.3 Å². The lowest BCUT2D eigenvalue weighted by Gasteiger charge is -2.18. The first-order chi connectivity index (χ1) is 5.11. The highest BCUT2D eigenvalue weighted by molar-refractivity contribution is 5.95. The summed E-state index contributed by atoms with van der Waals surface area (Å²) in [4.78, 5) is 12.5. The Morgan fingerprint density at radius 2 is 2.36 bits per heavy atom. The Bertz CT molecular complexity index is 263. The smallest absolute Gasteiger partial charge is 0.248 e. The van der Waals surface area contributed by atoms with Gasteiger partial charge in [0.25, 0.3) is 0 Å². The fourth-order valence-electron chi connectivity index (χ4n) is 0.771. The third kappa shape index (κ3) is 1.49. The van der Waals surface area contributed by atoms with Gasteiger partial charge in [0.2, 0.25) is 5.91 Å². The summed E-state index contributed by atoms with van der Waals surface area (Å²) in [5, 5.41) is 0. The van der Waals surface area contributed by atoms with Crippen LogP contribution < -0.4 is 5.73 Å². The Morgan fingerprint density at radius 1 is 1.73 bits per heavy atom. The van der Waals surface area contributed by atoms with E-state index in [0.717, 1.165) is 5.70 Å². The highest BCUT2D eigenvalue weighted by atomic mass is 16.1. The number of likely N-dealkylation sites (N-methyl/N-ethyl adjacent to an activating group) is 1. The van der Waals surface area contributed by atoms with Crippen molar-refractivity contribution in [3.05, 3.63) is 36.2 Å². The number of hydrogen-bond acceptors (Lipinski definition) is 2. The van der Waals surface area contributed by atoms with E-state index in [-0.39, 0.29) is 0 Å². The average Bonchev–Trinajstić information content (AvgIpc) is 1.94. The van der Waals surface area contributed by atoms with Crippen LogP contribution in [0, 0.1) is 0 Å². The quantitative estimate of drug-likeness (QED) is 0.587. The third-order valence-corrected chi connectivity index (χ3v) is 1.54. The lowest BCUT2D eigenvalue weighted by molar-refractivity contribution is -0.114. The van der Waals surface area contributed by atoms with E-state index in [1.165, 1.54) is 0 Å². The zero-order valence-electron chi connectivity index (χ0n) is 6.37. The molecule has 0 aromatic rings. The zero-order valence-corrected chi connectivity index (χ0v) is 6.37. The predicted molar refractivity (Wildman–Crippen MR) is 43.3 cm³/mol. The molecular formula is C8H10N2O. The SMILES string of the molecule is C=C1C=C(C(N)=O)C=CN1C. The fraction of sp³-hybridized carbons (Fsp3) is 0.125. The Labute approximate surface area is 65.5 Å². The molecule has 3 heteroatoms. The molecule has 0 aromatic carbocycles. The van der Waals surface area contributed by atoms with Crippen molar-refractivity contribution >= 4 is 5.91 Å². The minimum atomic E-state index is -0.421. The van der Waals surface area contributed by atoms with E-state index in [1.807, 2.05) is 11.9 Å². The van der Waals surface area contributed by atoms with Crippen molar-refractivity contribution in [2.75, 3.05) is 7.05 Å². The van der Waals surface area contributed by atoms with E-state index in [1.54, 1.807) is 18.4 Å². The van der Waals surface area contributed by atoms with Gasteiger partial charge in [-0.25, -0.2) is 0 Å². The molecule has 11 heavy (non-hydrogen) atoms. The van der Waals surface area contributed by atoms with Crippen molar-refractivity contribution in [3.8, 4) is 0 Å². The van der Waals surface area contributed by atoms with E-state index in [0.29, 0.717) is 5.57 Å². The van der Waals surface area contributed by atoms with Crippen LogP contribution in [-0.4, -0.2) is 17.9 Å². The first-order valence-electron chi connectivity index (χ1n) is 3.22. The Morgan fingerprint density at radius 3 is 2.82 bits per heavy atom. The molecule has 1 heterocycles. The number of hydrogen-bond donors (Lipinski definition) is 1. The number of rotatable bonds is 1. The predicted octanol–water partition coefficient (Wildman–Crippen LogP) is 0.371. The highest BCUT2D eigenvalue weighted by Gasteiger charge is 2.07. The van der Waals surface area contributed by atoms with Gasteiger partial charge in [-0.1, -0.05) is 6.58 Å². The Balaban J connectivity index is 2.89. The number of nitrogens with two attached hydrogens (primary N) is 1. The number of carbonyl (C=O) groups is 1. The minimum Gasteiger partial charge on any atom is -0.366 e. The Kier molecular flexibility index (Phi) is 1.81. The molecule has 3 nitrogen and oxygen atoms in total. The summed E-state index contributed by atoms with van der Waals surface area (Å²) >= 11 is 0. The molecular weight excluding hydrogens is 140 g/mol. The number of allylic oxidation sites excluding steroid dienone is 1. The maximum atomic E-state index is 10.6. The van der Waals surface area contributed by atoms with Crippen LogP contribution in [-0.2, 0) is 4.79 Å². The van der Waals surface area contributed by atoms with Crippen LogP contribution in [0.15, 0.2) is 36.2 Å². The van der Waals surface area contributed by atoms with Crippen molar-refractivity contribution in [1.29, 1.82) is 0 Å². The van der Waals surface area contributed by atoms with Crippen LogP contribution in [0.2, 0.25) is 0 Å². The van der Waals surface area contributed by atoms with Crippen LogP contribution in [0.4, 0.5) is 0 Å². The second kappa shape index (κ2) is 2.62. The highest BCUT2D eigenvalue weighted by Crippen LogP contribution is 2.12. The van der Waals surface area contributed by atoms with E-state index in [9.17, 15) is 4.79 Å². The molecule has 2 N–H and O–H groups in total. The molecule has 0 spiro atoms. The molecule has 0 aromatic heterocycles. The van der Waals surface area contributed by atoms with Gasteiger partial charge in [0.1, 0.15) is 0 Å². The maximum Gasteiger partial charge on any atom is 0.248 e. The lowest BCUT2D eigenvalue weighted by Crippen LogP contribution is -2.18. The summed E-state index contributed by atoms with van der Waals surface area (Å²) in [7, 11) is 1.85. The fourth-order valence-corrected chi connectivity index (χ4v) is 0.771. The molecule has 0 atom stereocenters. The molecule has 0 aliphatic carbocycles. The molecule has 0 saturated heterocycles. The van der Waals surface area contributed by atoms with E-state index >= 15 is 0 Å². The Hall–Kier alpha value is -1.51. The molecule has 58 valence electrons. The van der Waals surface area contributed by atoms with Gasteiger partial charge < -0.3 is 10.6 Å². The third-order valence-electron chi connectivity index (χ3n) is 1.54. The van der Waals surface area contributed by atoms with Crippen LogP contribution in [0.1, 0.15) is 0 Å². The summed E-state index contributed by atoms with van der Waals surface area (Å²) in [5.74, 6) is -0.421. The second-order valence-corrected chi connectivity index (χ2v) is 2.38. The maximum absolute atomic E-state index is 10.6. The van der Waals surface area contributed by atoms with Crippen molar-refractivity contribution in [2.24, 2.45) is 5.73 Å². The average molecular weight is 150 g/mol. The molecule has 1 aliphatic rings. The molecule has 1 aliphatic heterocycles. The summed E-state index contributed by atoms with van der Waals surface area (Å²) < 4.78 is 0. The summed E-state index contributed by atoms with van der Waals surface area (Å²) in [6.45, 7) is 3.72. The summed E-state index contributed by atoms with van der Waals surface area (Å²) in [6, 6.07) is 0. The van der Waals surface area contributed by atoms with Gasteiger partial charge in [-0.3, -0.25) is 4.79 Å². The molecule has 1 rings (SSSR count). The van der Waals surface area contributed by atoms with Gasteiger partial charge in [0.15, 0.2) is 0 Å². The van der Waals surface area contributed by atoms with Gasteiger partial charge in [0.05, 0.1) is 0 Å². The number of carbonyl (C=O) groups excluding carboxylic acids is 1. The molecule has 0 bridgehead atoms. The monoisotopic (exact) mass is 150 g/mol. The van der Waals surface area contributed by atoms with E-state index < -0.39 is 5.91 Å².